The largest absolute Gasteiger partial charge is 0.469 e. The summed E-state index contributed by atoms with van der Waals surface area (Å²) in [6.45, 7) is 0. The molecule has 0 aromatic carbocycles. The van der Waals surface area contributed by atoms with E-state index in [2.05, 4.69) is 6.07 Å². The monoisotopic (exact) mass is 231 g/mol. The summed E-state index contributed by atoms with van der Waals surface area (Å²) < 4.78 is 5.52. The lowest BCUT2D eigenvalue weighted by Gasteiger charge is -2.32. The second-order valence-corrected chi connectivity index (χ2v) is 6.42. The Morgan fingerprint density at radius 2 is 2.18 bits per heavy atom. The van der Waals surface area contributed by atoms with Crippen LogP contribution >= 0.6 is 0 Å². The fourth-order valence-electron chi connectivity index (χ4n) is 5.25. The van der Waals surface area contributed by atoms with Crippen LogP contribution in [0.15, 0.2) is 22.8 Å². The standard InChI is InChI=1S/C15H21NO/c16-14-8-10-7-13(14)12-4-3-9(15(10)12)6-11-2-1-5-17-11/h1-2,5,9-10,12-15H,3-4,6-8,16H2. The molecule has 4 rings (SSSR count). The Hall–Kier alpha value is -0.760. The summed E-state index contributed by atoms with van der Waals surface area (Å²) in [4.78, 5) is 0. The molecule has 6 atom stereocenters. The molecule has 3 aliphatic carbocycles. The molecule has 1 aromatic heterocycles. The molecular weight excluding hydrogens is 210 g/mol. The normalized spacial score (nSPS) is 47.6. The lowest BCUT2D eigenvalue weighted by atomic mass is 9.75. The highest BCUT2D eigenvalue weighted by Gasteiger charge is 2.55. The van der Waals surface area contributed by atoms with Gasteiger partial charge in [-0.25, -0.2) is 0 Å². The Morgan fingerprint density at radius 3 is 3.00 bits per heavy atom. The van der Waals surface area contributed by atoms with Crippen LogP contribution in [0.5, 0.6) is 0 Å². The molecule has 3 fully saturated rings. The molecule has 1 heterocycles. The second kappa shape index (κ2) is 3.61. The molecule has 2 bridgehead atoms. The van der Waals surface area contributed by atoms with Gasteiger partial charge < -0.3 is 10.2 Å². The van der Waals surface area contributed by atoms with E-state index in [1.807, 2.05) is 6.07 Å². The van der Waals surface area contributed by atoms with Crippen molar-refractivity contribution in [2.24, 2.45) is 35.3 Å². The smallest absolute Gasteiger partial charge is 0.104 e. The van der Waals surface area contributed by atoms with Crippen LogP contribution in [-0.4, -0.2) is 6.04 Å². The molecule has 1 aromatic rings. The van der Waals surface area contributed by atoms with Crippen molar-refractivity contribution in [1.82, 2.24) is 0 Å². The first-order valence-corrected chi connectivity index (χ1v) is 7.11. The average molecular weight is 231 g/mol. The molecule has 2 heteroatoms. The first kappa shape index (κ1) is 10.2. The van der Waals surface area contributed by atoms with Crippen LogP contribution in [0, 0.1) is 29.6 Å². The van der Waals surface area contributed by atoms with Crippen molar-refractivity contribution in [3.05, 3.63) is 24.2 Å². The fraction of sp³-hybridized carbons (Fsp3) is 0.733. The SMILES string of the molecule is NC1CC2CC1C1CCC(Cc3ccco3)C21. The van der Waals surface area contributed by atoms with Gasteiger partial charge in [-0.15, -0.1) is 0 Å². The number of hydrogen-bond donors (Lipinski definition) is 1. The van der Waals surface area contributed by atoms with E-state index in [1.165, 1.54) is 31.4 Å². The van der Waals surface area contributed by atoms with Crippen LogP contribution in [0.25, 0.3) is 0 Å². The van der Waals surface area contributed by atoms with Gasteiger partial charge in [0, 0.05) is 12.5 Å². The van der Waals surface area contributed by atoms with E-state index in [9.17, 15) is 0 Å². The molecule has 3 aliphatic rings. The molecule has 6 unspecified atom stereocenters. The minimum absolute atomic E-state index is 0.517. The topological polar surface area (TPSA) is 39.2 Å². The first-order valence-electron chi connectivity index (χ1n) is 7.11. The highest BCUT2D eigenvalue weighted by Crippen LogP contribution is 2.60. The van der Waals surface area contributed by atoms with Crippen molar-refractivity contribution in [1.29, 1.82) is 0 Å². The van der Waals surface area contributed by atoms with Gasteiger partial charge in [0.1, 0.15) is 5.76 Å². The Labute approximate surface area is 103 Å². The van der Waals surface area contributed by atoms with Crippen molar-refractivity contribution in [2.75, 3.05) is 0 Å². The van der Waals surface area contributed by atoms with Gasteiger partial charge in [-0.05, 0) is 67.4 Å². The van der Waals surface area contributed by atoms with Crippen molar-refractivity contribution in [2.45, 2.75) is 38.1 Å². The van der Waals surface area contributed by atoms with E-state index in [0.29, 0.717) is 6.04 Å². The highest BCUT2D eigenvalue weighted by molar-refractivity contribution is 5.09. The maximum absolute atomic E-state index is 6.24. The van der Waals surface area contributed by atoms with E-state index in [0.717, 1.165) is 36.0 Å². The van der Waals surface area contributed by atoms with Gasteiger partial charge >= 0.3 is 0 Å². The van der Waals surface area contributed by atoms with Gasteiger partial charge in [0.15, 0.2) is 0 Å². The molecule has 2 N–H and O–H groups in total. The minimum atomic E-state index is 0.517. The Kier molecular flexibility index (Phi) is 2.17. The van der Waals surface area contributed by atoms with Crippen LogP contribution in [0.1, 0.15) is 31.4 Å². The predicted octanol–water partition coefficient (Wildman–Crippen LogP) is 2.83. The van der Waals surface area contributed by atoms with Crippen LogP contribution in [0.3, 0.4) is 0 Å². The molecule has 17 heavy (non-hydrogen) atoms. The van der Waals surface area contributed by atoms with Gasteiger partial charge in [0.05, 0.1) is 6.26 Å². The lowest BCUT2D eigenvalue weighted by molar-refractivity contribution is 0.189. The molecule has 2 nitrogen and oxygen atoms in total. The van der Waals surface area contributed by atoms with Crippen LogP contribution in [-0.2, 0) is 6.42 Å². The number of furan rings is 1. The number of nitrogens with two attached hydrogens (primary N) is 1. The van der Waals surface area contributed by atoms with Crippen molar-refractivity contribution < 1.29 is 4.42 Å². The summed E-state index contributed by atoms with van der Waals surface area (Å²) in [5.41, 5.74) is 6.24. The summed E-state index contributed by atoms with van der Waals surface area (Å²) in [5.74, 6) is 5.75. The van der Waals surface area contributed by atoms with Crippen LogP contribution < -0.4 is 5.73 Å². The number of fused-ring (bicyclic) bond motifs is 5. The average Bonchev–Trinajstić information content (AvgIpc) is 3.01. The predicted molar refractivity (Wildman–Crippen MR) is 66.3 cm³/mol. The molecule has 0 amide bonds. The third-order valence-corrected chi connectivity index (χ3v) is 5.75. The Bertz CT molecular complexity index is 399. The van der Waals surface area contributed by atoms with Crippen LogP contribution in [0.4, 0.5) is 0 Å². The number of rotatable bonds is 2. The fourth-order valence-corrected chi connectivity index (χ4v) is 5.25. The molecule has 0 saturated heterocycles. The minimum Gasteiger partial charge on any atom is -0.469 e. The van der Waals surface area contributed by atoms with Gasteiger partial charge in [-0.1, -0.05) is 0 Å². The molecule has 0 spiro atoms. The van der Waals surface area contributed by atoms with Gasteiger partial charge in [0.25, 0.3) is 0 Å². The summed E-state index contributed by atoms with van der Waals surface area (Å²) >= 11 is 0. The maximum Gasteiger partial charge on any atom is 0.104 e. The zero-order valence-corrected chi connectivity index (χ0v) is 10.2. The van der Waals surface area contributed by atoms with E-state index >= 15 is 0 Å². The quantitative estimate of drug-likeness (QED) is 0.850. The molecule has 0 aliphatic heterocycles. The summed E-state index contributed by atoms with van der Waals surface area (Å²) in [6.07, 6.45) is 8.50. The Balaban J connectivity index is 1.53. The third-order valence-electron chi connectivity index (χ3n) is 5.75. The number of hydrogen-bond acceptors (Lipinski definition) is 2. The zero-order chi connectivity index (χ0) is 11.4. The third kappa shape index (κ3) is 1.43. The molecular formula is C15H21NO. The van der Waals surface area contributed by atoms with Crippen molar-refractivity contribution in [3.63, 3.8) is 0 Å². The van der Waals surface area contributed by atoms with Crippen LogP contribution in [0.2, 0.25) is 0 Å². The van der Waals surface area contributed by atoms with E-state index < -0.39 is 0 Å². The van der Waals surface area contributed by atoms with Crippen molar-refractivity contribution in [3.8, 4) is 0 Å². The van der Waals surface area contributed by atoms with Gasteiger partial charge in [-0.2, -0.15) is 0 Å². The van der Waals surface area contributed by atoms with E-state index in [4.69, 9.17) is 10.2 Å². The lowest BCUT2D eigenvalue weighted by Crippen LogP contribution is -2.36. The van der Waals surface area contributed by atoms with Gasteiger partial charge in [-0.3, -0.25) is 0 Å². The zero-order valence-electron chi connectivity index (χ0n) is 10.2. The molecule has 0 radical (unpaired) electrons. The summed E-state index contributed by atoms with van der Waals surface area (Å²) in [6, 6.07) is 4.66. The van der Waals surface area contributed by atoms with Gasteiger partial charge in [0.2, 0.25) is 0 Å². The van der Waals surface area contributed by atoms with E-state index in [-0.39, 0.29) is 0 Å². The highest BCUT2D eigenvalue weighted by atomic mass is 16.3. The summed E-state index contributed by atoms with van der Waals surface area (Å²) in [5, 5.41) is 0. The Morgan fingerprint density at radius 1 is 1.24 bits per heavy atom. The first-order chi connectivity index (χ1) is 8.33. The molecule has 3 saturated carbocycles. The van der Waals surface area contributed by atoms with E-state index in [1.54, 1.807) is 6.26 Å². The second-order valence-electron chi connectivity index (χ2n) is 6.42. The van der Waals surface area contributed by atoms with Crippen molar-refractivity contribution >= 4 is 0 Å². The molecule has 92 valence electrons. The summed E-state index contributed by atoms with van der Waals surface area (Å²) in [7, 11) is 0. The maximum atomic E-state index is 6.24.